The number of amides is 1. The second-order valence-electron chi connectivity index (χ2n) is 2.57. The van der Waals surface area contributed by atoms with Gasteiger partial charge in [0.1, 0.15) is 6.23 Å². The zero-order valence-corrected chi connectivity index (χ0v) is 6.67. The van der Waals surface area contributed by atoms with Gasteiger partial charge in [0.25, 0.3) is 0 Å². The molecule has 1 fully saturated rings. The summed E-state index contributed by atoms with van der Waals surface area (Å²) in [5.74, 6) is 0.150. The Kier molecular flexibility index (Phi) is 2.65. The number of β-lactam (4-membered cyclic amide) rings is 1. The van der Waals surface area contributed by atoms with Gasteiger partial charge in [-0.3, -0.25) is 4.79 Å². The van der Waals surface area contributed by atoms with Crippen molar-refractivity contribution in [1.29, 1.82) is 0 Å². The third-order valence-corrected chi connectivity index (χ3v) is 1.82. The van der Waals surface area contributed by atoms with Gasteiger partial charge in [0.05, 0.1) is 12.5 Å². The zero-order chi connectivity index (χ0) is 8.27. The van der Waals surface area contributed by atoms with Crippen LogP contribution in [-0.2, 0) is 9.53 Å². The van der Waals surface area contributed by atoms with Crippen molar-refractivity contribution in [2.45, 2.75) is 19.6 Å². The number of rotatable bonds is 4. The topological polar surface area (TPSA) is 38.3 Å². The molecule has 1 heterocycles. The third-order valence-electron chi connectivity index (χ3n) is 1.82. The van der Waals surface area contributed by atoms with Crippen LogP contribution in [0.15, 0.2) is 12.7 Å². The van der Waals surface area contributed by atoms with Crippen LogP contribution in [-0.4, -0.2) is 18.7 Å². The van der Waals surface area contributed by atoms with Gasteiger partial charge in [0.2, 0.25) is 5.91 Å². The van der Waals surface area contributed by atoms with Crippen LogP contribution in [0.1, 0.15) is 13.3 Å². The minimum absolute atomic E-state index is 0.0509. The molecule has 1 aliphatic heterocycles. The van der Waals surface area contributed by atoms with Gasteiger partial charge in [-0.05, 0) is 6.42 Å². The lowest BCUT2D eigenvalue weighted by molar-refractivity contribution is -0.152. The number of nitrogens with one attached hydrogen (secondary N) is 1. The SMILES string of the molecule is C=CCO[C@@H]1NC(=O)[C@H]1CC. The highest BCUT2D eigenvalue weighted by atomic mass is 16.5. The van der Waals surface area contributed by atoms with Crippen molar-refractivity contribution < 1.29 is 9.53 Å². The Hall–Kier alpha value is -0.830. The summed E-state index contributed by atoms with van der Waals surface area (Å²) in [7, 11) is 0. The van der Waals surface area contributed by atoms with Crippen LogP contribution in [0.2, 0.25) is 0 Å². The number of hydrogen-bond donors (Lipinski definition) is 1. The first-order chi connectivity index (χ1) is 5.29. The van der Waals surface area contributed by atoms with Gasteiger partial charge in [-0.2, -0.15) is 0 Å². The molecule has 1 amide bonds. The fraction of sp³-hybridized carbons (Fsp3) is 0.625. The van der Waals surface area contributed by atoms with Gasteiger partial charge < -0.3 is 10.1 Å². The molecule has 1 saturated heterocycles. The Morgan fingerprint density at radius 1 is 1.82 bits per heavy atom. The van der Waals surface area contributed by atoms with Gasteiger partial charge >= 0.3 is 0 Å². The highest BCUT2D eigenvalue weighted by Crippen LogP contribution is 2.19. The number of carbonyl (C=O) groups excluding carboxylic acids is 1. The highest BCUT2D eigenvalue weighted by Gasteiger charge is 2.38. The maximum Gasteiger partial charge on any atom is 0.229 e. The minimum atomic E-state index is -0.0782. The summed E-state index contributed by atoms with van der Waals surface area (Å²) >= 11 is 0. The maximum absolute atomic E-state index is 10.8. The number of ether oxygens (including phenoxy) is 1. The Balaban J connectivity index is 2.26. The van der Waals surface area contributed by atoms with Gasteiger partial charge in [-0.25, -0.2) is 0 Å². The third kappa shape index (κ3) is 1.60. The van der Waals surface area contributed by atoms with Gasteiger partial charge in [0.15, 0.2) is 0 Å². The summed E-state index contributed by atoms with van der Waals surface area (Å²) in [6.07, 6.45) is 2.44. The van der Waals surface area contributed by atoms with E-state index in [2.05, 4.69) is 11.9 Å². The van der Waals surface area contributed by atoms with Gasteiger partial charge in [-0.1, -0.05) is 13.0 Å². The van der Waals surface area contributed by atoms with Crippen molar-refractivity contribution in [2.75, 3.05) is 6.61 Å². The zero-order valence-electron chi connectivity index (χ0n) is 6.67. The second kappa shape index (κ2) is 3.53. The van der Waals surface area contributed by atoms with Crippen molar-refractivity contribution in [3.63, 3.8) is 0 Å². The predicted octanol–water partition coefficient (Wildman–Crippen LogP) is 0.671. The molecule has 0 aromatic heterocycles. The summed E-state index contributed by atoms with van der Waals surface area (Å²) in [5.41, 5.74) is 0. The first-order valence-electron chi connectivity index (χ1n) is 3.82. The summed E-state index contributed by atoms with van der Waals surface area (Å²) in [6, 6.07) is 0. The van der Waals surface area contributed by atoms with E-state index < -0.39 is 0 Å². The first kappa shape index (κ1) is 8.27. The molecule has 0 aliphatic carbocycles. The molecule has 1 rings (SSSR count). The summed E-state index contributed by atoms with van der Waals surface area (Å²) in [6.45, 7) is 6.00. The lowest BCUT2D eigenvalue weighted by Gasteiger charge is -2.35. The molecule has 2 atom stereocenters. The molecule has 62 valence electrons. The molecule has 3 heteroatoms. The molecule has 0 saturated carbocycles. The van der Waals surface area contributed by atoms with Crippen LogP contribution in [0, 0.1) is 5.92 Å². The fourth-order valence-corrected chi connectivity index (χ4v) is 1.12. The van der Waals surface area contributed by atoms with Crippen molar-refractivity contribution in [2.24, 2.45) is 5.92 Å². The summed E-state index contributed by atoms with van der Waals surface area (Å²) in [5, 5.41) is 2.67. The predicted molar refractivity (Wildman–Crippen MR) is 41.9 cm³/mol. The average Bonchev–Trinajstić information content (AvgIpc) is 1.98. The second-order valence-corrected chi connectivity index (χ2v) is 2.57. The Morgan fingerprint density at radius 2 is 2.55 bits per heavy atom. The van der Waals surface area contributed by atoms with E-state index in [9.17, 15) is 4.79 Å². The van der Waals surface area contributed by atoms with Crippen LogP contribution in [0.5, 0.6) is 0 Å². The monoisotopic (exact) mass is 155 g/mol. The van der Waals surface area contributed by atoms with Crippen molar-refractivity contribution in [3.05, 3.63) is 12.7 Å². The van der Waals surface area contributed by atoms with Crippen molar-refractivity contribution >= 4 is 5.91 Å². The van der Waals surface area contributed by atoms with Crippen LogP contribution in [0.4, 0.5) is 0 Å². The molecule has 0 unspecified atom stereocenters. The smallest absolute Gasteiger partial charge is 0.229 e. The number of carbonyl (C=O) groups is 1. The molecular formula is C8H13NO2. The van der Waals surface area contributed by atoms with Crippen molar-refractivity contribution in [1.82, 2.24) is 5.32 Å². The normalized spacial score (nSPS) is 29.0. The molecule has 0 aromatic carbocycles. The standard InChI is InChI=1S/C8H13NO2/c1-3-5-11-8-6(4-2)7(10)9-8/h3,6,8H,1,4-5H2,2H3,(H,9,10)/t6-,8+/m1/s1. The van der Waals surface area contributed by atoms with Crippen molar-refractivity contribution in [3.8, 4) is 0 Å². The molecule has 0 aromatic rings. The Labute approximate surface area is 66.4 Å². The maximum atomic E-state index is 10.8. The van der Waals surface area contributed by atoms with Crippen LogP contribution in [0.3, 0.4) is 0 Å². The van der Waals surface area contributed by atoms with E-state index in [1.54, 1.807) is 6.08 Å². The van der Waals surface area contributed by atoms with E-state index in [1.165, 1.54) is 0 Å². The molecule has 0 radical (unpaired) electrons. The van der Waals surface area contributed by atoms with Crippen LogP contribution >= 0.6 is 0 Å². The van der Waals surface area contributed by atoms with E-state index in [1.807, 2.05) is 6.92 Å². The van der Waals surface area contributed by atoms with Crippen LogP contribution in [0.25, 0.3) is 0 Å². The summed E-state index contributed by atoms with van der Waals surface area (Å²) in [4.78, 5) is 10.8. The average molecular weight is 155 g/mol. The molecule has 1 N–H and O–H groups in total. The van der Waals surface area contributed by atoms with Gasteiger partial charge in [0, 0.05) is 0 Å². The molecule has 1 aliphatic rings. The quantitative estimate of drug-likeness (QED) is 0.478. The molecular weight excluding hydrogens is 142 g/mol. The Bertz CT molecular complexity index is 167. The fourth-order valence-electron chi connectivity index (χ4n) is 1.12. The van der Waals surface area contributed by atoms with E-state index in [4.69, 9.17) is 4.74 Å². The largest absolute Gasteiger partial charge is 0.354 e. The highest BCUT2D eigenvalue weighted by molar-refractivity contribution is 5.85. The van der Waals surface area contributed by atoms with Gasteiger partial charge in [-0.15, -0.1) is 6.58 Å². The van der Waals surface area contributed by atoms with E-state index in [0.29, 0.717) is 6.61 Å². The summed E-state index contributed by atoms with van der Waals surface area (Å²) < 4.78 is 5.25. The lowest BCUT2D eigenvalue weighted by Crippen LogP contribution is -2.59. The van der Waals surface area contributed by atoms with E-state index >= 15 is 0 Å². The lowest BCUT2D eigenvalue weighted by atomic mass is 9.96. The van der Waals surface area contributed by atoms with Crippen LogP contribution < -0.4 is 5.32 Å². The number of hydrogen-bond acceptors (Lipinski definition) is 2. The minimum Gasteiger partial charge on any atom is -0.354 e. The molecule has 11 heavy (non-hydrogen) atoms. The first-order valence-corrected chi connectivity index (χ1v) is 3.82. The molecule has 0 spiro atoms. The molecule has 0 bridgehead atoms. The molecule has 3 nitrogen and oxygen atoms in total. The Morgan fingerprint density at radius 3 is 3.00 bits per heavy atom. The van der Waals surface area contributed by atoms with E-state index in [0.717, 1.165) is 6.42 Å². The van der Waals surface area contributed by atoms with E-state index in [-0.39, 0.29) is 18.1 Å².